The Morgan fingerprint density at radius 3 is 1.86 bits per heavy atom. The first-order valence-corrected chi connectivity index (χ1v) is 11.5. The summed E-state index contributed by atoms with van der Waals surface area (Å²) in [5.74, 6) is -0.311. The first-order valence-electron chi connectivity index (χ1n) is 11.0. The van der Waals surface area contributed by atoms with Crippen molar-refractivity contribution in [3.05, 3.63) is 72.4 Å². The van der Waals surface area contributed by atoms with E-state index in [2.05, 4.69) is 37.8 Å². The van der Waals surface area contributed by atoms with Gasteiger partial charge in [0.2, 0.25) is 0 Å². The number of carbonyl (C=O) groups excluding carboxylic acids is 1. The van der Waals surface area contributed by atoms with E-state index in [1.165, 1.54) is 51.4 Å². The summed E-state index contributed by atoms with van der Waals surface area (Å²) in [7, 11) is 0. The fourth-order valence-corrected chi connectivity index (χ4v) is 2.79. The Morgan fingerprint density at radius 1 is 0.793 bits per heavy atom. The number of esters is 1. The predicted octanol–water partition coefficient (Wildman–Crippen LogP) is 7.72. The van der Waals surface area contributed by atoms with Crippen LogP contribution in [-0.2, 0) is 9.53 Å². The summed E-state index contributed by atoms with van der Waals surface area (Å²) in [5, 5.41) is -0.161. The number of carbonyl (C=O) groups is 1. The maximum atomic E-state index is 11.8. The number of rotatable bonds is 16. The summed E-state index contributed by atoms with van der Waals surface area (Å²) in [6.45, 7) is 6.28. The maximum Gasteiger partial charge on any atom is 0.335 e. The van der Waals surface area contributed by atoms with E-state index in [-0.39, 0.29) is 11.2 Å². The third-order valence-corrected chi connectivity index (χ3v) is 4.51. The van der Waals surface area contributed by atoms with Crippen LogP contribution in [0.1, 0.15) is 72.1 Å². The molecule has 0 spiro atoms. The van der Waals surface area contributed by atoms with Crippen molar-refractivity contribution in [2.45, 2.75) is 77.4 Å². The van der Waals surface area contributed by atoms with E-state index in [0.29, 0.717) is 12.2 Å². The molecular weight excluding hydrogens is 376 g/mol. The van der Waals surface area contributed by atoms with Crippen molar-refractivity contribution >= 4 is 18.6 Å². The fraction of sp³-hybridized carbons (Fsp3) is 0.500. The smallest absolute Gasteiger partial charge is 0.335 e. The highest BCUT2D eigenvalue weighted by Crippen LogP contribution is 2.11. The van der Waals surface area contributed by atoms with Gasteiger partial charge in [0.1, 0.15) is 0 Å². The molecule has 0 rings (SSSR count). The minimum absolute atomic E-state index is 0.161. The summed E-state index contributed by atoms with van der Waals surface area (Å²) in [6.07, 6.45) is 32.4. The first kappa shape index (κ1) is 27.3. The van der Waals surface area contributed by atoms with E-state index >= 15 is 0 Å². The molecule has 2 nitrogen and oxygen atoms in total. The van der Waals surface area contributed by atoms with Crippen molar-refractivity contribution in [3.63, 3.8) is 0 Å². The Hall–Kier alpha value is -1.74. The highest BCUT2D eigenvalue weighted by molar-refractivity contribution is 7.81. The number of unbranched alkanes of at least 4 members (excludes halogenated alkanes) is 7. The molecule has 0 fully saturated rings. The molecule has 0 amide bonds. The molecule has 0 bridgehead atoms. The Balaban J connectivity index is 3.99. The summed E-state index contributed by atoms with van der Waals surface area (Å²) in [4.78, 5) is 11.8. The van der Waals surface area contributed by atoms with Gasteiger partial charge in [0, 0.05) is 10.8 Å². The quantitative estimate of drug-likeness (QED) is 0.0916. The van der Waals surface area contributed by atoms with Gasteiger partial charge in [0.05, 0.1) is 6.61 Å². The van der Waals surface area contributed by atoms with Gasteiger partial charge >= 0.3 is 5.97 Å². The van der Waals surface area contributed by atoms with Crippen LogP contribution < -0.4 is 0 Å². The minimum atomic E-state index is -0.311. The van der Waals surface area contributed by atoms with Gasteiger partial charge in [-0.1, -0.05) is 112 Å². The van der Waals surface area contributed by atoms with E-state index in [0.717, 1.165) is 0 Å². The van der Waals surface area contributed by atoms with E-state index < -0.39 is 0 Å². The van der Waals surface area contributed by atoms with Crippen molar-refractivity contribution in [1.82, 2.24) is 0 Å². The molecule has 0 aromatic heterocycles. The monoisotopic (exact) mass is 416 g/mol. The molecule has 0 N–H and O–H groups in total. The lowest BCUT2D eigenvalue weighted by Crippen LogP contribution is -2.13. The second-order valence-corrected chi connectivity index (χ2v) is 7.67. The lowest BCUT2D eigenvalue weighted by molar-refractivity contribution is -0.138. The van der Waals surface area contributed by atoms with Crippen LogP contribution in [0.3, 0.4) is 0 Å². The van der Waals surface area contributed by atoms with E-state index in [1.54, 1.807) is 13.0 Å². The van der Waals surface area contributed by atoms with Crippen LogP contribution in [0.5, 0.6) is 0 Å². The lowest BCUT2D eigenvalue weighted by Gasteiger charge is -2.08. The Labute approximate surface area is 184 Å². The largest absolute Gasteiger partial charge is 0.463 e. The standard InChI is InChI=1S/C26H40O2S/c1-4-6-7-8-9-10-11-12-13-14-15-16-17-18-19-20-21-22-23-25(24(3)29)26(27)28-5-2/h13-24,29H,4-12H2,1-3H3/b14-13+,16-15+,18-17+,20-19+,22-21+,25-23+. The lowest BCUT2D eigenvalue weighted by atomic mass is 10.1. The number of allylic oxidation sites excluding steroid dienone is 11. The molecule has 0 saturated heterocycles. The Kier molecular flexibility index (Phi) is 19.7. The zero-order valence-corrected chi connectivity index (χ0v) is 19.5. The van der Waals surface area contributed by atoms with Gasteiger partial charge in [-0.15, -0.1) is 0 Å². The summed E-state index contributed by atoms with van der Waals surface area (Å²) in [5.41, 5.74) is 0.557. The van der Waals surface area contributed by atoms with Crippen LogP contribution in [0.2, 0.25) is 0 Å². The van der Waals surface area contributed by atoms with Crippen LogP contribution in [0.4, 0.5) is 0 Å². The third-order valence-electron chi connectivity index (χ3n) is 4.24. The van der Waals surface area contributed by atoms with Gasteiger partial charge in [-0.3, -0.25) is 0 Å². The molecule has 162 valence electrons. The van der Waals surface area contributed by atoms with E-state index in [1.807, 2.05) is 49.5 Å². The molecule has 1 unspecified atom stereocenters. The molecule has 0 aromatic carbocycles. The van der Waals surface area contributed by atoms with Crippen LogP contribution in [-0.4, -0.2) is 17.8 Å². The summed E-state index contributed by atoms with van der Waals surface area (Å²) in [6, 6.07) is 0. The van der Waals surface area contributed by atoms with Gasteiger partial charge < -0.3 is 4.74 Å². The molecule has 0 saturated carbocycles. The van der Waals surface area contributed by atoms with Crippen molar-refractivity contribution < 1.29 is 9.53 Å². The minimum Gasteiger partial charge on any atom is -0.463 e. The molecule has 0 aliphatic carbocycles. The van der Waals surface area contributed by atoms with Crippen molar-refractivity contribution in [2.24, 2.45) is 0 Å². The number of hydrogen-bond acceptors (Lipinski definition) is 3. The van der Waals surface area contributed by atoms with Crippen molar-refractivity contribution in [1.29, 1.82) is 0 Å². The Morgan fingerprint density at radius 2 is 1.31 bits per heavy atom. The average molecular weight is 417 g/mol. The van der Waals surface area contributed by atoms with Gasteiger partial charge in [-0.25, -0.2) is 4.79 Å². The molecule has 0 aliphatic heterocycles. The number of hydrogen-bond donors (Lipinski definition) is 1. The number of thiol groups is 1. The summed E-state index contributed by atoms with van der Waals surface area (Å²) < 4.78 is 5.02. The van der Waals surface area contributed by atoms with Crippen molar-refractivity contribution in [3.8, 4) is 0 Å². The average Bonchev–Trinajstić information content (AvgIpc) is 2.69. The van der Waals surface area contributed by atoms with Gasteiger partial charge in [0.25, 0.3) is 0 Å². The van der Waals surface area contributed by atoms with Crippen LogP contribution in [0.25, 0.3) is 0 Å². The van der Waals surface area contributed by atoms with Crippen LogP contribution in [0, 0.1) is 0 Å². The molecular formula is C26H40O2S. The molecule has 0 radical (unpaired) electrons. The first-order chi connectivity index (χ1) is 14.1. The van der Waals surface area contributed by atoms with Gasteiger partial charge in [-0.2, -0.15) is 12.6 Å². The van der Waals surface area contributed by atoms with Crippen molar-refractivity contribution in [2.75, 3.05) is 6.61 Å². The SMILES string of the molecule is CCCCCCCCC/C=C/C=C/C=C/C=C/C=C/C=C(/C(=O)OCC)C(C)S. The highest BCUT2D eigenvalue weighted by Gasteiger charge is 2.13. The summed E-state index contributed by atoms with van der Waals surface area (Å²) >= 11 is 4.32. The van der Waals surface area contributed by atoms with E-state index in [4.69, 9.17) is 4.74 Å². The molecule has 0 aliphatic rings. The van der Waals surface area contributed by atoms with E-state index in [9.17, 15) is 4.79 Å². The van der Waals surface area contributed by atoms with Crippen LogP contribution >= 0.6 is 12.6 Å². The molecule has 0 heterocycles. The molecule has 1 atom stereocenters. The van der Waals surface area contributed by atoms with Gasteiger partial charge in [0.15, 0.2) is 0 Å². The topological polar surface area (TPSA) is 26.3 Å². The van der Waals surface area contributed by atoms with Gasteiger partial charge in [-0.05, 0) is 26.7 Å². The second-order valence-electron chi connectivity index (χ2n) is 6.90. The van der Waals surface area contributed by atoms with Crippen LogP contribution in [0.15, 0.2) is 72.4 Å². The Bertz CT molecular complexity index is 578. The fourth-order valence-electron chi connectivity index (χ4n) is 2.59. The predicted molar refractivity (Wildman–Crippen MR) is 131 cm³/mol. The molecule has 0 aromatic rings. The molecule has 29 heavy (non-hydrogen) atoms. The number of ether oxygens (including phenoxy) is 1. The second kappa shape index (κ2) is 21.0. The normalized spacial score (nSPS) is 14.3. The molecule has 3 heteroatoms. The highest BCUT2D eigenvalue weighted by atomic mass is 32.1. The maximum absolute atomic E-state index is 11.8. The zero-order valence-electron chi connectivity index (χ0n) is 18.6. The third kappa shape index (κ3) is 18.1. The zero-order chi connectivity index (χ0) is 21.6.